The lowest BCUT2D eigenvalue weighted by Gasteiger charge is -2.08. The lowest BCUT2D eigenvalue weighted by atomic mass is 10.3. The Morgan fingerprint density at radius 1 is 1.26 bits per heavy atom. The number of aromatic nitrogens is 3. The molecular formula is C14H17N5. The van der Waals surface area contributed by atoms with Gasteiger partial charge in [-0.25, -0.2) is 4.98 Å². The Bertz CT molecular complexity index is 539. The van der Waals surface area contributed by atoms with Crippen LogP contribution in [0.15, 0.2) is 43.1 Å². The van der Waals surface area contributed by atoms with Gasteiger partial charge in [0.15, 0.2) is 0 Å². The number of nitrogens with one attached hydrogen (secondary N) is 2. The van der Waals surface area contributed by atoms with E-state index in [0.717, 1.165) is 17.2 Å². The predicted octanol–water partition coefficient (Wildman–Crippen LogP) is 2.39. The lowest BCUT2D eigenvalue weighted by molar-refractivity contribution is 1.01. The van der Waals surface area contributed by atoms with Crippen LogP contribution in [0, 0.1) is 6.92 Å². The molecule has 0 aliphatic carbocycles. The minimum absolute atomic E-state index is 0.600. The van der Waals surface area contributed by atoms with E-state index in [1.165, 1.54) is 0 Å². The lowest BCUT2D eigenvalue weighted by Crippen LogP contribution is -2.08. The smallest absolute Gasteiger partial charge is 0.225 e. The first-order valence-corrected chi connectivity index (χ1v) is 6.12. The van der Waals surface area contributed by atoms with Gasteiger partial charge in [-0.15, -0.1) is 6.58 Å². The zero-order valence-electron chi connectivity index (χ0n) is 10.9. The van der Waals surface area contributed by atoms with Gasteiger partial charge in [-0.2, -0.15) is 4.98 Å². The summed E-state index contributed by atoms with van der Waals surface area (Å²) in [5, 5.41) is 6.32. The minimum Gasteiger partial charge on any atom is -0.364 e. The van der Waals surface area contributed by atoms with Crippen molar-refractivity contribution in [2.24, 2.45) is 0 Å². The number of nitrogens with zero attached hydrogens (tertiary/aromatic N) is 3. The maximum atomic E-state index is 4.38. The summed E-state index contributed by atoms with van der Waals surface area (Å²) in [4.78, 5) is 12.9. The molecule has 0 spiro atoms. The number of rotatable bonds is 6. The molecule has 19 heavy (non-hydrogen) atoms. The molecule has 0 radical (unpaired) electrons. The van der Waals surface area contributed by atoms with Gasteiger partial charge >= 0.3 is 0 Å². The van der Waals surface area contributed by atoms with Crippen molar-refractivity contribution in [2.45, 2.75) is 13.5 Å². The third-order valence-corrected chi connectivity index (χ3v) is 2.44. The van der Waals surface area contributed by atoms with Crippen molar-refractivity contribution in [3.8, 4) is 0 Å². The molecule has 0 fully saturated rings. The highest BCUT2D eigenvalue weighted by Gasteiger charge is 2.01. The molecule has 0 amide bonds. The van der Waals surface area contributed by atoms with Crippen LogP contribution in [0.3, 0.4) is 0 Å². The zero-order valence-corrected chi connectivity index (χ0v) is 10.9. The molecule has 2 aromatic rings. The van der Waals surface area contributed by atoms with Gasteiger partial charge in [0.1, 0.15) is 5.82 Å². The first-order valence-electron chi connectivity index (χ1n) is 6.12. The summed E-state index contributed by atoms with van der Waals surface area (Å²) in [5.41, 5.74) is 1.88. The molecule has 0 saturated carbocycles. The number of hydrogen-bond acceptors (Lipinski definition) is 5. The van der Waals surface area contributed by atoms with Crippen LogP contribution in [0.5, 0.6) is 0 Å². The topological polar surface area (TPSA) is 62.7 Å². The zero-order chi connectivity index (χ0) is 13.5. The second-order valence-corrected chi connectivity index (χ2v) is 4.06. The highest BCUT2D eigenvalue weighted by atomic mass is 15.1. The van der Waals surface area contributed by atoms with Gasteiger partial charge in [0.25, 0.3) is 0 Å². The van der Waals surface area contributed by atoms with Crippen LogP contribution in [-0.4, -0.2) is 21.5 Å². The Kier molecular flexibility index (Phi) is 4.44. The average Bonchev–Trinajstić information content (AvgIpc) is 2.43. The van der Waals surface area contributed by atoms with Crippen molar-refractivity contribution in [1.82, 2.24) is 15.0 Å². The monoisotopic (exact) mass is 255 g/mol. The maximum absolute atomic E-state index is 4.38. The van der Waals surface area contributed by atoms with Gasteiger partial charge in [-0.3, -0.25) is 4.98 Å². The van der Waals surface area contributed by atoms with E-state index in [2.05, 4.69) is 32.2 Å². The van der Waals surface area contributed by atoms with Crippen molar-refractivity contribution >= 4 is 11.8 Å². The van der Waals surface area contributed by atoms with Crippen molar-refractivity contribution < 1.29 is 0 Å². The molecule has 0 aromatic carbocycles. The molecule has 0 aliphatic heterocycles. The SMILES string of the molecule is C=CCNc1nc(C)cc(NCc2ccccn2)n1. The molecule has 0 unspecified atom stereocenters. The van der Waals surface area contributed by atoms with E-state index in [1.54, 1.807) is 12.3 Å². The first kappa shape index (κ1) is 13.0. The highest BCUT2D eigenvalue weighted by molar-refractivity contribution is 5.42. The standard InChI is InChI=1S/C14H17N5/c1-3-7-16-14-18-11(2)9-13(19-14)17-10-12-6-4-5-8-15-12/h3-6,8-9H,1,7,10H2,2H3,(H2,16,17,18,19). The van der Waals surface area contributed by atoms with Gasteiger partial charge in [0.2, 0.25) is 5.95 Å². The van der Waals surface area contributed by atoms with Crippen molar-refractivity contribution in [2.75, 3.05) is 17.2 Å². The van der Waals surface area contributed by atoms with Gasteiger partial charge in [-0.1, -0.05) is 12.1 Å². The second-order valence-electron chi connectivity index (χ2n) is 4.06. The Morgan fingerprint density at radius 2 is 2.16 bits per heavy atom. The van der Waals surface area contributed by atoms with Crippen molar-refractivity contribution in [3.05, 3.63) is 54.5 Å². The number of aryl methyl sites for hydroxylation is 1. The summed E-state index contributed by atoms with van der Waals surface area (Å²) in [6.07, 6.45) is 3.55. The molecule has 98 valence electrons. The van der Waals surface area contributed by atoms with Gasteiger partial charge in [0, 0.05) is 24.5 Å². The Balaban J connectivity index is 2.03. The molecule has 0 aliphatic rings. The van der Waals surface area contributed by atoms with Gasteiger partial charge < -0.3 is 10.6 Å². The van der Waals surface area contributed by atoms with Crippen LogP contribution in [0.4, 0.5) is 11.8 Å². The van der Waals surface area contributed by atoms with E-state index in [9.17, 15) is 0 Å². The average molecular weight is 255 g/mol. The molecule has 2 N–H and O–H groups in total. The summed E-state index contributed by atoms with van der Waals surface area (Å²) < 4.78 is 0. The van der Waals surface area contributed by atoms with Crippen molar-refractivity contribution in [3.63, 3.8) is 0 Å². The molecule has 2 aromatic heterocycles. The summed E-state index contributed by atoms with van der Waals surface area (Å²) in [7, 11) is 0. The Morgan fingerprint density at radius 3 is 2.89 bits per heavy atom. The van der Waals surface area contributed by atoms with Gasteiger partial charge in [0.05, 0.1) is 12.2 Å². The number of hydrogen-bond donors (Lipinski definition) is 2. The number of pyridine rings is 1. The molecule has 5 nitrogen and oxygen atoms in total. The second kappa shape index (κ2) is 6.49. The van der Waals surface area contributed by atoms with E-state index in [-0.39, 0.29) is 0 Å². The Hall–Kier alpha value is -2.43. The highest BCUT2D eigenvalue weighted by Crippen LogP contribution is 2.10. The first-order chi connectivity index (χ1) is 9.28. The molecule has 0 atom stereocenters. The van der Waals surface area contributed by atoms with E-state index in [4.69, 9.17) is 0 Å². The summed E-state index contributed by atoms with van der Waals surface area (Å²) in [5.74, 6) is 1.38. The summed E-state index contributed by atoms with van der Waals surface area (Å²) in [6.45, 7) is 6.87. The summed E-state index contributed by atoms with van der Waals surface area (Å²) >= 11 is 0. The molecule has 0 saturated heterocycles. The quantitative estimate of drug-likeness (QED) is 0.776. The minimum atomic E-state index is 0.600. The summed E-state index contributed by atoms with van der Waals surface area (Å²) in [6, 6.07) is 7.74. The van der Waals surface area contributed by atoms with Gasteiger partial charge in [-0.05, 0) is 19.1 Å². The fourth-order valence-electron chi connectivity index (χ4n) is 1.59. The third kappa shape index (κ3) is 4.06. The molecule has 0 bridgehead atoms. The third-order valence-electron chi connectivity index (χ3n) is 2.44. The molecule has 5 heteroatoms. The fraction of sp³-hybridized carbons (Fsp3) is 0.214. The van der Waals surface area contributed by atoms with Crippen LogP contribution >= 0.6 is 0 Å². The van der Waals surface area contributed by atoms with Crippen LogP contribution in [0.2, 0.25) is 0 Å². The van der Waals surface area contributed by atoms with E-state index in [0.29, 0.717) is 19.0 Å². The maximum Gasteiger partial charge on any atom is 0.225 e. The van der Waals surface area contributed by atoms with E-state index < -0.39 is 0 Å². The van der Waals surface area contributed by atoms with Crippen LogP contribution in [0.25, 0.3) is 0 Å². The van der Waals surface area contributed by atoms with Crippen LogP contribution in [-0.2, 0) is 6.54 Å². The normalized spacial score (nSPS) is 9.95. The van der Waals surface area contributed by atoms with Crippen LogP contribution in [0.1, 0.15) is 11.4 Å². The van der Waals surface area contributed by atoms with E-state index in [1.807, 2.05) is 31.2 Å². The molecule has 2 rings (SSSR count). The van der Waals surface area contributed by atoms with Crippen molar-refractivity contribution in [1.29, 1.82) is 0 Å². The molecular weight excluding hydrogens is 238 g/mol. The Labute approximate surface area is 112 Å². The van der Waals surface area contributed by atoms with E-state index >= 15 is 0 Å². The van der Waals surface area contributed by atoms with Crippen LogP contribution < -0.4 is 10.6 Å². The fourth-order valence-corrected chi connectivity index (χ4v) is 1.59. The predicted molar refractivity (Wildman–Crippen MR) is 77.0 cm³/mol. The largest absolute Gasteiger partial charge is 0.364 e. The number of anilines is 2. The molecule has 2 heterocycles.